The summed E-state index contributed by atoms with van der Waals surface area (Å²) in [7, 11) is 0. The number of benzene rings is 1. The molecular weight excluding hydrogens is 306 g/mol. The minimum atomic E-state index is -0.804. The van der Waals surface area contributed by atoms with Crippen LogP contribution in [0.4, 0.5) is 0 Å². The van der Waals surface area contributed by atoms with Crippen LogP contribution in [0.5, 0.6) is 0 Å². The number of imidazole rings is 1. The summed E-state index contributed by atoms with van der Waals surface area (Å²) in [5.41, 5.74) is 1.65. The number of carbonyl (C=O) groups is 1. The smallest absolute Gasteiger partial charge is 0.304 e. The second-order valence-electron chi connectivity index (χ2n) is 4.58. The molecule has 1 unspecified atom stereocenters. The summed E-state index contributed by atoms with van der Waals surface area (Å²) in [5.74, 6) is -0.478. The van der Waals surface area contributed by atoms with Crippen LogP contribution in [-0.4, -0.2) is 27.2 Å². The van der Waals surface area contributed by atoms with Gasteiger partial charge in [0.05, 0.1) is 23.0 Å². The highest BCUT2D eigenvalue weighted by molar-refractivity contribution is 6.31. The Morgan fingerprint density at radius 2 is 2.36 bits per heavy atom. The highest BCUT2D eigenvalue weighted by atomic mass is 35.5. The van der Waals surface area contributed by atoms with E-state index in [1.807, 2.05) is 6.07 Å². The Morgan fingerprint density at radius 1 is 1.59 bits per heavy atom. The first-order valence-electron chi connectivity index (χ1n) is 6.55. The van der Waals surface area contributed by atoms with Crippen molar-refractivity contribution in [3.63, 3.8) is 0 Å². The van der Waals surface area contributed by atoms with E-state index in [1.165, 1.54) is 19.3 Å². The largest absolute Gasteiger partial charge is 0.437 e. The van der Waals surface area contributed by atoms with E-state index in [0.29, 0.717) is 28.3 Å². The second-order valence-corrected chi connectivity index (χ2v) is 4.98. The third-order valence-corrected chi connectivity index (χ3v) is 3.37. The summed E-state index contributed by atoms with van der Waals surface area (Å²) in [5, 5.41) is 18.3. The van der Waals surface area contributed by atoms with Crippen LogP contribution < -0.4 is 0 Å². The van der Waals surface area contributed by atoms with Crippen LogP contribution in [0.2, 0.25) is 5.02 Å². The molecule has 1 heterocycles. The maximum atomic E-state index is 11.4. The number of nitrogens with zero attached hydrogens (tertiary/aromatic N) is 3. The van der Waals surface area contributed by atoms with Crippen molar-refractivity contribution in [3.8, 4) is 6.07 Å². The molecule has 0 fully saturated rings. The normalized spacial score (nSPS) is 11.7. The Balaban J connectivity index is 2.49. The number of rotatable bonds is 5. The summed E-state index contributed by atoms with van der Waals surface area (Å²) in [6.45, 7) is 1.24. The van der Waals surface area contributed by atoms with Crippen LogP contribution in [0.1, 0.15) is 30.0 Å². The molecule has 0 radical (unpaired) electrons. The molecule has 0 aliphatic rings. The third kappa shape index (κ3) is 3.45. The Morgan fingerprint density at radius 3 is 2.95 bits per heavy atom. The van der Waals surface area contributed by atoms with E-state index in [9.17, 15) is 4.79 Å². The first-order chi connectivity index (χ1) is 10.6. The monoisotopic (exact) mass is 319 g/mol. The van der Waals surface area contributed by atoms with Crippen LogP contribution in [0.15, 0.2) is 30.7 Å². The number of hydrogen-bond acceptors (Lipinski definition) is 5. The predicted octanol–water partition coefficient (Wildman–Crippen LogP) is 2.05. The second kappa shape index (κ2) is 7.07. The summed E-state index contributed by atoms with van der Waals surface area (Å²) in [6, 6.07) is 6.74. The van der Waals surface area contributed by atoms with Gasteiger partial charge in [-0.2, -0.15) is 5.26 Å². The van der Waals surface area contributed by atoms with Crippen molar-refractivity contribution in [1.82, 2.24) is 9.55 Å². The van der Waals surface area contributed by atoms with E-state index < -0.39 is 12.2 Å². The Hall–Kier alpha value is -2.36. The number of carbonyl (C=O) groups excluding carboxylic acids is 1. The van der Waals surface area contributed by atoms with E-state index in [0.717, 1.165) is 0 Å². The topological polar surface area (TPSA) is 88.1 Å². The average molecular weight is 320 g/mol. The molecule has 6 nitrogen and oxygen atoms in total. The number of aliphatic hydroxyl groups excluding tert-OH is 1. The summed E-state index contributed by atoms with van der Waals surface area (Å²) >= 11 is 6.21. The Labute approximate surface area is 132 Å². The fraction of sp³-hybridized carbons (Fsp3) is 0.267. The van der Waals surface area contributed by atoms with Gasteiger partial charge in [0.25, 0.3) is 0 Å². The summed E-state index contributed by atoms with van der Waals surface area (Å²) in [6.07, 6.45) is 2.66. The summed E-state index contributed by atoms with van der Waals surface area (Å²) < 4.78 is 6.99. The van der Waals surface area contributed by atoms with Crippen molar-refractivity contribution >= 4 is 17.6 Å². The lowest BCUT2D eigenvalue weighted by Gasteiger charge is -2.22. The van der Waals surface area contributed by atoms with E-state index >= 15 is 0 Å². The molecule has 7 heteroatoms. The molecule has 2 aromatic rings. The Bertz CT molecular complexity index is 721. The number of halogens is 1. The minimum Gasteiger partial charge on any atom is -0.437 e. The van der Waals surface area contributed by atoms with Crippen LogP contribution >= 0.6 is 11.6 Å². The minimum absolute atomic E-state index is 0.0560. The van der Waals surface area contributed by atoms with Crippen LogP contribution in [0, 0.1) is 11.3 Å². The number of nitriles is 1. The van der Waals surface area contributed by atoms with Gasteiger partial charge in [0, 0.05) is 37.4 Å². The molecule has 1 aromatic carbocycles. The SMILES string of the molecule is CC(=O)OC(c1ccc(C#N)cc1Cl)n1cncc1CCO. The fourth-order valence-corrected chi connectivity index (χ4v) is 2.35. The van der Waals surface area contributed by atoms with Crippen molar-refractivity contribution in [2.45, 2.75) is 19.6 Å². The van der Waals surface area contributed by atoms with Gasteiger partial charge >= 0.3 is 5.97 Å². The predicted molar refractivity (Wildman–Crippen MR) is 79.1 cm³/mol. The van der Waals surface area contributed by atoms with Crippen molar-refractivity contribution < 1.29 is 14.6 Å². The molecule has 0 bridgehead atoms. The lowest BCUT2D eigenvalue weighted by Crippen LogP contribution is -2.19. The molecular formula is C15H14ClN3O3. The molecule has 0 saturated carbocycles. The highest BCUT2D eigenvalue weighted by Gasteiger charge is 2.22. The molecule has 0 spiro atoms. The van der Waals surface area contributed by atoms with Gasteiger partial charge in [0.15, 0.2) is 0 Å². The number of hydrogen-bond donors (Lipinski definition) is 1. The Kier molecular flexibility index (Phi) is 5.15. The highest BCUT2D eigenvalue weighted by Crippen LogP contribution is 2.29. The van der Waals surface area contributed by atoms with Gasteiger partial charge in [0.2, 0.25) is 6.23 Å². The maximum Gasteiger partial charge on any atom is 0.304 e. The number of aliphatic hydroxyl groups is 1. The first kappa shape index (κ1) is 16.0. The van der Waals surface area contributed by atoms with E-state index in [1.54, 1.807) is 22.9 Å². The average Bonchev–Trinajstić information content (AvgIpc) is 2.93. The molecule has 0 amide bonds. The molecule has 2 rings (SSSR count). The molecule has 0 saturated heterocycles. The van der Waals surface area contributed by atoms with Gasteiger partial charge in [-0.25, -0.2) is 4.98 Å². The van der Waals surface area contributed by atoms with Crippen LogP contribution in [0.25, 0.3) is 0 Å². The van der Waals surface area contributed by atoms with Crippen molar-refractivity contribution in [2.24, 2.45) is 0 Å². The molecule has 22 heavy (non-hydrogen) atoms. The van der Waals surface area contributed by atoms with Crippen LogP contribution in [0.3, 0.4) is 0 Å². The fourth-order valence-electron chi connectivity index (χ4n) is 2.08. The third-order valence-electron chi connectivity index (χ3n) is 3.04. The van der Waals surface area contributed by atoms with E-state index in [-0.39, 0.29) is 6.61 Å². The van der Waals surface area contributed by atoms with Crippen LogP contribution in [-0.2, 0) is 16.0 Å². The standard InChI is InChI=1S/C15H14ClN3O3/c1-10(21)22-15(19-9-18-8-12(19)4-5-20)13-3-2-11(7-17)6-14(13)16/h2-3,6,8-9,15,20H,4-5H2,1H3. The lowest BCUT2D eigenvalue weighted by molar-refractivity contribution is -0.148. The van der Waals surface area contributed by atoms with Gasteiger partial charge in [0.1, 0.15) is 0 Å². The zero-order valence-corrected chi connectivity index (χ0v) is 12.6. The quantitative estimate of drug-likeness (QED) is 0.852. The van der Waals surface area contributed by atoms with Gasteiger partial charge < -0.3 is 9.84 Å². The van der Waals surface area contributed by atoms with Crippen molar-refractivity contribution in [1.29, 1.82) is 5.26 Å². The maximum absolute atomic E-state index is 11.4. The first-order valence-corrected chi connectivity index (χ1v) is 6.93. The molecule has 1 atom stereocenters. The zero-order valence-electron chi connectivity index (χ0n) is 11.9. The van der Waals surface area contributed by atoms with E-state index in [2.05, 4.69) is 4.98 Å². The van der Waals surface area contributed by atoms with Gasteiger partial charge in [-0.1, -0.05) is 17.7 Å². The lowest BCUT2D eigenvalue weighted by atomic mass is 10.1. The van der Waals surface area contributed by atoms with E-state index in [4.69, 9.17) is 26.7 Å². The zero-order chi connectivity index (χ0) is 16.1. The van der Waals surface area contributed by atoms with Crippen molar-refractivity contribution in [3.05, 3.63) is 52.6 Å². The summed E-state index contributed by atoms with van der Waals surface area (Å²) in [4.78, 5) is 15.4. The number of ether oxygens (including phenoxy) is 1. The van der Waals surface area contributed by atoms with Crippen molar-refractivity contribution in [2.75, 3.05) is 6.61 Å². The number of esters is 1. The molecule has 114 valence electrons. The van der Waals surface area contributed by atoms with Gasteiger partial charge in [-0.05, 0) is 12.1 Å². The van der Waals surface area contributed by atoms with Gasteiger partial charge in [-0.15, -0.1) is 0 Å². The molecule has 0 aliphatic heterocycles. The van der Waals surface area contributed by atoms with Gasteiger partial charge in [-0.3, -0.25) is 9.36 Å². The number of aromatic nitrogens is 2. The molecule has 1 aromatic heterocycles. The molecule has 0 aliphatic carbocycles. The molecule has 1 N–H and O–H groups in total.